The van der Waals surface area contributed by atoms with Gasteiger partial charge in [0.2, 0.25) is 0 Å². The van der Waals surface area contributed by atoms with Crippen LogP contribution in [0, 0.1) is 13.8 Å². The number of likely N-dealkylation sites (tertiary alicyclic amines) is 1. The van der Waals surface area contributed by atoms with E-state index in [2.05, 4.69) is 10.4 Å². The van der Waals surface area contributed by atoms with E-state index in [1.54, 1.807) is 36.9 Å². The van der Waals surface area contributed by atoms with Crippen molar-refractivity contribution in [1.29, 1.82) is 0 Å². The van der Waals surface area contributed by atoms with Crippen LogP contribution in [0.2, 0.25) is 0 Å². The van der Waals surface area contributed by atoms with Crippen LogP contribution in [0.25, 0.3) is 5.69 Å². The second kappa shape index (κ2) is 8.73. The molecule has 2 heterocycles. The van der Waals surface area contributed by atoms with Crippen LogP contribution in [0.15, 0.2) is 48.7 Å². The summed E-state index contributed by atoms with van der Waals surface area (Å²) in [5, 5.41) is 6.93. The SMILES string of the molecule is Cc1c(NC(=O)c2cnn(-c3cccc(C(F)(F)F)c3)c2C)cccc1C(=O)N1CCCC1. The lowest BCUT2D eigenvalue weighted by molar-refractivity contribution is -0.137. The predicted octanol–water partition coefficient (Wildman–Crippen LogP) is 5.00. The van der Waals surface area contributed by atoms with Crippen LogP contribution < -0.4 is 5.32 Å². The van der Waals surface area contributed by atoms with Crippen LogP contribution in [-0.2, 0) is 6.18 Å². The number of benzene rings is 2. The number of halogens is 3. The van der Waals surface area contributed by atoms with E-state index in [0.29, 0.717) is 22.5 Å². The third-order valence-electron chi connectivity index (χ3n) is 5.88. The number of nitrogens with one attached hydrogen (secondary N) is 1. The molecule has 0 unspecified atom stereocenters. The van der Waals surface area contributed by atoms with E-state index in [0.717, 1.165) is 38.1 Å². The summed E-state index contributed by atoms with van der Waals surface area (Å²) in [6.07, 6.45) is -1.20. The Labute approximate surface area is 189 Å². The van der Waals surface area contributed by atoms with Crippen molar-refractivity contribution in [3.63, 3.8) is 0 Å². The number of hydrogen-bond acceptors (Lipinski definition) is 3. The molecule has 0 radical (unpaired) electrons. The summed E-state index contributed by atoms with van der Waals surface area (Å²) in [7, 11) is 0. The molecule has 1 N–H and O–H groups in total. The van der Waals surface area contributed by atoms with Crippen molar-refractivity contribution < 1.29 is 22.8 Å². The minimum absolute atomic E-state index is 0.0605. The van der Waals surface area contributed by atoms with E-state index in [9.17, 15) is 22.8 Å². The van der Waals surface area contributed by atoms with Gasteiger partial charge in [0, 0.05) is 24.3 Å². The first-order chi connectivity index (χ1) is 15.7. The Bertz CT molecular complexity index is 1210. The van der Waals surface area contributed by atoms with Gasteiger partial charge >= 0.3 is 6.18 Å². The van der Waals surface area contributed by atoms with E-state index in [1.165, 1.54) is 23.0 Å². The molecule has 2 amide bonds. The Morgan fingerprint density at radius 2 is 1.70 bits per heavy atom. The van der Waals surface area contributed by atoms with Gasteiger partial charge < -0.3 is 10.2 Å². The summed E-state index contributed by atoms with van der Waals surface area (Å²) in [4.78, 5) is 27.6. The van der Waals surface area contributed by atoms with Gasteiger partial charge in [-0.05, 0) is 62.6 Å². The molecule has 9 heteroatoms. The van der Waals surface area contributed by atoms with E-state index >= 15 is 0 Å². The summed E-state index contributed by atoms with van der Waals surface area (Å²) in [5.41, 5.74) is 1.72. The topological polar surface area (TPSA) is 67.2 Å². The Morgan fingerprint density at radius 3 is 2.39 bits per heavy atom. The van der Waals surface area contributed by atoms with Crippen molar-refractivity contribution in [1.82, 2.24) is 14.7 Å². The maximum atomic E-state index is 13.1. The highest BCUT2D eigenvalue weighted by Crippen LogP contribution is 2.31. The van der Waals surface area contributed by atoms with Crippen LogP contribution >= 0.6 is 0 Å². The molecule has 1 fully saturated rings. The number of alkyl halides is 3. The predicted molar refractivity (Wildman–Crippen MR) is 118 cm³/mol. The summed E-state index contributed by atoms with van der Waals surface area (Å²) in [6, 6.07) is 9.92. The summed E-state index contributed by atoms with van der Waals surface area (Å²) >= 11 is 0. The number of carbonyl (C=O) groups excluding carboxylic acids is 2. The minimum Gasteiger partial charge on any atom is -0.339 e. The lowest BCUT2D eigenvalue weighted by Crippen LogP contribution is -2.28. The van der Waals surface area contributed by atoms with Gasteiger partial charge in [-0.1, -0.05) is 12.1 Å². The van der Waals surface area contributed by atoms with Gasteiger partial charge in [-0.3, -0.25) is 9.59 Å². The van der Waals surface area contributed by atoms with Crippen molar-refractivity contribution in [2.24, 2.45) is 0 Å². The van der Waals surface area contributed by atoms with E-state index in [-0.39, 0.29) is 17.2 Å². The normalized spacial score (nSPS) is 13.9. The molecule has 0 aliphatic carbocycles. The molecule has 3 aromatic rings. The zero-order valence-electron chi connectivity index (χ0n) is 18.2. The molecular formula is C24H23F3N4O2. The van der Waals surface area contributed by atoms with Crippen LogP contribution in [0.3, 0.4) is 0 Å². The zero-order valence-corrected chi connectivity index (χ0v) is 18.2. The number of hydrogen-bond donors (Lipinski definition) is 1. The highest BCUT2D eigenvalue weighted by Gasteiger charge is 2.31. The molecule has 1 aliphatic rings. The second-order valence-corrected chi connectivity index (χ2v) is 8.04. The lowest BCUT2D eigenvalue weighted by atomic mass is 10.0. The quantitative estimate of drug-likeness (QED) is 0.601. The molecule has 6 nitrogen and oxygen atoms in total. The summed E-state index contributed by atoms with van der Waals surface area (Å²) in [6.45, 7) is 4.84. The summed E-state index contributed by atoms with van der Waals surface area (Å²) < 4.78 is 40.5. The number of nitrogens with zero attached hydrogens (tertiary/aromatic N) is 3. The fraction of sp³-hybridized carbons (Fsp3) is 0.292. The first-order valence-corrected chi connectivity index (χ1v) is 10.6. The van der Waals surface area contributed by atoms with Gasteiger partial charge in [-0.25, -0.2) is 4.68 Å². The molecule has 0 saturated carbocycles. The van der Waals surface area contributed by atoms with Crippen molar-refractivity contribution >= 4 is 17.5 Å². The summed E-state index contributed by atoms with van der Waals surface area (Å²) in [5.74, 6) is -0.519. The highest BCUT2D eigenvalue weighted by atomic mass is 19.4. The molecular weight excluding hydrogens is 433 g/mol. The van der Waals surface area contributed by atoms with Crippen molar-refractivity contribution in [2.45, 2.75) is 32.9 Å². The fourth-order valence-corrected chi connectivity index (χ4v) is 3.99. The maximum absolute atomic E-state index is 13.1. The molecule has 0 spiro atoms. The molecule has 2 aromatic carbocycles. The molecule has 1 aromatic heterocycles. The Kier molecular flexibility index (Phi) is 5.97. The largest absolute Gasteiger partial charge is 0.416 e. The Morgan fingerprint density at radius 1 is 1.00 bits per heavy atom. The van der Waals surface area contributed by atoms with Gasteiger partial charge in [0.05, 0.1) is 28.7 Å². The number of aromatic nitrogens is 2. The average Bonchev–Trinajstić information content (AvgIpc) is 3.44. The monoisotopic (exact) mass is 456 g/mol. The fourth-order valence-electron chi connectivity index (χ4n) is 3.99. The Balaban J connectivity index is 1.58. The first kappa shape index (κ1) is 22.6. The van der Waals surface area contributed by atoms with Crippen LogP contribution in [0.1, 0.15) is 50.4 Å². The van der Waals surface area contributed by atoms with E-state index < -0.39 is 17.6 Å². The number of anilines is 1. The van der Waals surface area contributed by atoms with Crippen molar-refractivity contribution in [3.05, 3.63) is 76.6 Å². The Hall–Kier alpha value is -3.62. The van der Waals surface area contributed by atoms with Crippen LogP contribution in [0.5, 0.6) is 0 Å². The lowest BCUT2D eigenvalue weighted by Gasteiger charge is -2.18. The molecule has 4 rings (SSSR count). The van der Waals surface area contributed by atoms with Crippen LogP contribution in [-0.4, -0.2) is 39.6 Å². The smallest absolute Gasteiger partial charge is 0.339 e. The third-order valence-corrected chi connectivity index (χ3v) is 5.88. The standard InChI is InChI=1S/C24H23F3N4O2/c1-15-19(23(33)30-11-3-4-12-30)9-6-10-21(15)29-22(32)20-14-28-31(16(20)2)18-8-5-7-17(13-18)24(25,26)27/h5-10,13-14H,3-4,11-12H2,1-2H3,(H,29,32). The molecule has 0 bridgehead atoms. The zero-order chi connectivity index (χ0) is 23.8. The third kappa shape index (κ3) is 4.48. The molecule has 0 atom stereocenters. The highest BCUT2D eigenvalue weighted by molar-refractivity contribution is 6.06. The minimum atomic E-state index is -4.48. The number of amides is 2. The maximum Gasteiger partial charge on any atom is 0.416 e. The molecule has 33 heavy (non-hydrogen) atoms. The molecule has 1 aliphatic heterocycles. The van der Waals surface area contributed by atoms with Crippen molar-refractivity contribution in [2.75, 3.05) is 18.4 Å². The van der Waals surface area contributed by atoms with E-state index in [4.69, 9.17) is 0 Å². The number of rotatable bonds is 4. The first-order valence-electron chi connectivity index (χ1n) is 10.6. The number of carbonyl (C=O) groups is 2. The van der Waals surface area contributed by atoms with Gasteiger partial charge in [-0.15, -0.1) is 0 Å². The van der Waals surface area contributed by atoms with Gasteiger partial charge in [0.1, 0.15) is 0 Å². The molecule has 1 saturated heterocycles. The molecule has 172 valence electrons. The second-order valence-electron chi connectivity index (χ2n) is 8.04. The van der Waals surface area contributed by atoms with E-state index in [1.807, 2.05) is 0 Å². The van der Waals surface area contributed by atoms with Crippen LogP contribution in [0.4, 0.5) is 18.9 Å². The van der Waals surface area contributed by atoms with Gasteiger partial charge in [0.15, 0.2) is 0 Å². The van der Waals surface area contributed by atoms with Crippen molar-refractivity contribution in [3.8, 4) is 5.69 Å². The average molecular weight is 456 g/mol. The van der Waals surface area contributed by atoms with Gasteiger partial charge in [0.25, 0.3) is 11.8 Å². The van der Waals surface area contributed by atoms with Gasteiger partial charge in [-0.2, -0.15) is 18.3 Å².